The second-order valence-corrected chi connectivity index (χ2v) is 18.5. The van der Waals surface area contributed by atoms with E-state index in [2.05, 4.69) is 70.8 Å². The summed E-state index contributed by atoms with van der Waals surface area (Å²) in [4.78, 5) is 2.84. The van der Waals surface area contributed by atoms with Gasteiger partial charge in [-0.25, -0.2) is 8.42 Å². The first-order valence-corrected chi connectivity index (χ1v) is 16.8. The van der Waals surface area contributed by atoms with Crippen LogP contribution in [0.25, 0.3) is 0 Å². The van der Waals surface area contributed by atoms with Gasteiger partial charge in [0.25, 0.3) is 8.32 Å². The zero-order valence-corrected chi connectivity index (χ0v) is 24.1. The molecule has 0 unspecified atom stereocenters. The van der Waals surface area contributed by atoms with Gasteiger partial charge in [0.1, 0.15) is 5.75 Å². The molecule has 0 aliphatic carbocycles. The van der Waals surface area contributed by atoms with Gasteiger partial charge in [-0.2, -0.15) is 0 Å². The lowest BCUT2D eigenvalue weighted by Crippen LogP contribution is -2.43. The maximum atomic E-state index is 11.9. The molecule has 2 aromatic carbocycles. The van der Waals surface area contributed by atoms with E-state index >= 15 is 0 Å². The van der Waals surface area contributed by atoms with Crippen LogP contribution in [-0.2, 0) is 29.3 Å². The molecule has 0 atom stereocenters. The number of methoxy groups -OCH3 is 1. The number of sulfone groups is 1. The second kappa shape index (κ2) is 9.32. The molecular formula is C27H41NO4SSi. The van der Waals surface area contributed by atoms with Crippen molar-refractivity contribution in [3.63, 3.8) is 0 Å². The van der Waals surface area contributed by atoms with Gasteiger partial charge in [-0.1, -0.05) is 32.9 Å². The Balaban J connectivity index is 1.69. The number of hydrogen-bond donors (Lipinski definition) is 0. The van der Waals surface area contributed by atoms with Crippen molar-refractivity contribution in [1.82, 2.24) is 4.90 Å². The fourth-order valence-electron chi connectivity index (χ4n) is 4.02. The molecule has 1 aliphatic rings. The number of rotatable bonds is 8. The van der Waals surface area contributed by atoms with Crippen LogP contribution in [0.3, 0.4) is 0 Å². The predicted molar refractivity (Wildman–Crippen MR) is 142 cm³/mol. The molecule has 0 bridgehead atoms. The first-order chi connectivity index (χ1) is 15.5. The van der Waals surface area contributed by atoms with Gasteiger partial charge >= 0.3 is 0 Å². The molecule has 1 heterocycles. The minimum Gasteiger partial charge on any atom is -0.541 e. The van der Waals surface area contributed by atoms with Crippen LogP contribution in [0.5, 0.6) is 11.5 Å². The Kier molecular flexibility index (Phi) is 7.34. The van der Waals surface area contributed by atoms with Gasteiger partial charge in [0.15, 0.2) is 15.6 Å². The fraction of sp³-hybridized carbons (Fsp3) is 0.556. The van der Waals surface area contributed by atoms with Crippen molar-refractivity contribution < 1.29 is 17.6 Å². The van der Waals surface area contributed by atoms with Crippen molar-refractivity contribution in [1.29, 1.82) is 0 Å². The van der Waals surface area contributed by atoms with Crippen molar-refractivity contribution in [3.8, 4) is 11.5 Å². The van der Waals surface area contributed by atoms with Gasteiger partial charge in [0.05, 0.1) is 12.0 Å². The van der Waals surface area contributed by atoms with Crippen molar-refractivity contribution in [2.75, 3.05) is 13.4 Å². The SMILES string of the molecule is COc1cc(CCC(C)(C)N2Cc3ccc(S(C)(=O)=O)cc3C2)ccc1O[Si](C)(C)C(C)(C)C. The summed E-state index contributed by atoms with van der Waals surface area (Å²) >= 11 is 0. The van der Waals surface area contributed by atoms with Gasteiger partial charge in [-0.05, 0) is 85.8 Å². The van der Waals surface area contributed by atoms with Gasteiger partial charge in [0, 0.05) is 24.9 Å². The Morgan fingerprint density at radius 2 is 1.59 bits per heavy atom. The molecule has 5 nitrogen and oxygen atoms in total. The average Bonchev–Trinajstić information content (AvgIpc) is 3.16. The molecule has 0 saturated carbocycles. The third-order valence-electron chi connectivity index (χ3n) is 7.61. The average molecular weight is 504 g/mol. The summed E-state index contributed by atoms with van der Waals surface area (Å²) in [5.41, 5.74) is 3.52. The van der Waals surface area contributed by atoms with Crippen molar-refractivity contribution in [2.45, 2.75) is 89.1 Å². The van der Waals surface area contributed by atoms with Crippen LogP contribution in [0.1, 0.15) is 57.7 Å². The molecular weight excluding hydrogens is 462 g/mol. The second-order valence-electron chi connectivity index (χ2n) is 11.7. The third kappa shape index (κ3) is 5.86. The first kappa shape index (κ1) is 26.8. The largest absolute Gasteiger partial charge is 0.541 e. The van der Waals surface area contributed by atoms with Crippen LogP contribution < -0.4 is 9.16 Å². The van der Waals surface area contributed by atoms with Gasteiger partial charge in [-0.15, -0.1) is 0 Å². The Hall–Kier alpha value is -1.83. The molecule has 2 aromatic rings. The normalized spacial score (nSPS) is 15.3. The molecule has 188 valence electrons. The zero-order chi connectivity index (χ0) is 25.5. The summed E-state index contributed by atoms with van der Waals surface area (Å²) in [7, 11) is -3.44. The van der Waals surface area contributed by atoms with Gasteiger partial charge in [0.2, 0.25) is 0 Å². The lowest BCUT2D eigenvalue weighted by molar-refractivity contribution is 0.109. The van der Waals surface area contributed by atoms with Gasteiger partial charge < -0.3 is 9.16 Å². The summed E-state index contributed by atoms with van der Waals surface area (Å²) in [5, 5.41) is 0.121. The summed E-state index contributed by atoms with van der Waals surface area (Å²) < 4.78 is 36.1. The van der Waals surface area contributed by atoms with E-state index < -0.39 is 18.2 Å². The van der Waals surface area contributed by atoms with E-state index in [1.807, 2.05) is 12.1 Å². The maximum absolute atomic E-state index is 11.9. The third-order valence-corrected chi connectivity index (χ3v) is 13.1. The quantitative estimate of drug-likeness (QED) is 0.401. The van der Waals surface area contributed by atoms with Crippen molar-refractivity contribution in [3.05, 3.63) is 53.1 Å². The number of benzene rings is 2. The maximum Gasteiger partial charge on any atom is 0.250 e. The highest BCUT2D eigenvalue weighted by Gasteiger charge is 2.39. The van der Waals surface area contributed by atoms with Crippen LogP contribution in [-0.4, -0.2) is 40.5 Å². The van der Waals surface area contributed by atoms with Crippen LogP contribution in [0.2, 0.25) is 18.1 Å². The molecule has 0 amide bonds. The number of hydrogen-bond acceptors (Lipinski definition) is 5. The van der Waals surface area contributed by atoms with E-state index in [0.717, 1.165) is 43.0 Å². The summed E-state index contributed by atoms with van der Waals surface area (Å²) in [6, 6.07) is 11.8. The standard InChI is InChI=1S/C27H41NO4SSi/c1-26(2,3)34(8,9)32-24-13-10-20(16-25(24)31-6)14-15-27(4,5)28-18-21-11-12-23(33(7,29)30)17-22(21)19-28/h10-13,16-17H,14-15,18-19H2,1-9H3. The summed E-state index contributed by atoms with van der Waals surface area (Å²) in [5.74, 6) is 1.62. The Bertz CT molecular complexity index is 1150. The minimum absolute atomic E-state index is 0.0339. The molecule has 0 aromatic heterocycles. The Morgan fingerprint density at radius 1 is 0.941 bits per heavy atom. The van der Waals surface area contributed by atoms with Gasteiger partial charge in [-0.3, -0.25) is 4.90 Å². The van der Waals surface area contributed by atoms with Crippen LogP contribution in [0.4, 0.5) is 0 Å². The molecule has 0 radical (unpaired) electrons. The highest BCUT2D eigenvalue weighted by molar-refractivity contribution is 7.90. The Morgan fingerprint density at radius 3 is 2.18 bits per heavy atom. The number of aryl methyl sites for hydroxylation is 1. The van der Waals surface area contributed by atoms with E-state index in [0.29, 0.717) is 4.90 Å². The van der Waals surface area contributed by atoms with E-state index in [9.17, 15) is 8.42 Å². The minimum atomic E-state index is -3.19. The lowest BCUT2D eigenvalue weighted by Gasteiger charge is -2.37. The van der Waals surface area contributed by atoms with Crippen LogP contribution in [0.15, 0.2) is 41.3 Å². The molecule has 0 fully saturated rings. The highest BCUT2D eigenvalue weighted by Crippen LogP contribution is 2.40. The molecule has 7 heteroatoms. The monoisotopic (exact) mass is 503 g/mol. The van der Waals surface area contributed by atoms with Crippen molar-refractivity contribution in [2.24, 2.45) is 0 Å². The molecule has 34 heavy (non-hydrogen) atoms. The number of fused-ring (bicyclic) bond motifs is 1. The topological polar surface area (TPSA) is 55.8 Å². The van der Waals surface area contributed by atoms with Crippen LogP contribution in [0, 0.1) is 0 Å². The number of nitrogens with zero attached hydrogens (tertiary/aromatic N) is 1. The fourth-order valence-corrected chi connectivity index (χ4v) is 5.71. The molecule has 0 N–H and O–H groups in total. The lowest BCUT2D eigenvalue weighted by atomic mass is 9.93. The van der Waals surface area contributed by atoms with Crippen molar-refractivity contribution >= 4 is 18.2 Å². The number of ether oxygens (including phenoxy) is 1. The zero-order valence-electron chi connectivity index (χ0n) is 22.3. The van der Waals surface area contributed by atoms with E-state index in [-0.39, 0.29) is 10.6 Å². The first-order valence-electron chi connectivity index (χ1n) is 12.0. The van der Waals surface area contributed by atoms with Crippen LogP contribution >= 0.6 is 0 Å². The predicted octanol–water partition coefficient (Wildman–Crippen LogP) is 6.21. The van der Waals surface area contributed by atoms with E-state index in [1.54, 1.807) is 13.2 Å². The van der Waals surface area contributed by atoms with E-state index in [4.69, 9.17) is 9.16 Å². The van der Waals surface area contributed by atoms with E-state index in [1.165, 1.54) is 17.4 Å². The summed E-state index contributed by atoms with van der Waals surface area (Å²) in [6.45, 7) is 17.3. The molecule has 0 spiro atoms. The smallest absolute Gasteiger partial charge is 0.250 e. The molecule has 3 rings (SSSR count). The highest BCUT2D eigenvalue weighted by atomic mass is 32.2. The molecule has 1 aliphatic heterocycles. The summed E-state index contributed by atoms with van der Waals surface area (Å²) in [6.07, 6.45) is 3.17. The molecule has 0 saturated heterocycles. The Labute approximate surface area is 207 Å².